The Kier molecular flexibility index (Phi) is 4.92. The first kappa shape index (κ1) is 16.2. The van der Waals surface area contributed by atoms with Crippen molar-refractivity contribution in [2.75, 3.05) is 27.3 Å². The van der Waals surface area contributed by atoms with Gasteiger partial charge >= 0.3 is 0 Å². The molecule has 1 atom stereocenters. The van der Waals surface area contributed by atoms with Crippen molar-refractivity contribution in [3.05, 3.63) is 35.4 Å². The normalized spacial score (nSPS) is 15.0. The molecule has 1 aliphatic heterocycles. The molecule has 1 aromatic rings. The molecule has 1 heterocycles. The molecule has 0 radical (unpaired) electrons. The van der Waals surface area contributed by atoms with Crippen molar-refractivity contribution < 1.29 is 19.1 Å². The summed E-state index contributed by atoms with van der Waals surface area (Å²) in [5.41, 5.74) is 0.711. The lowest BCUT2D eigenvalue weighted by molar-refractivity contribution is -0.133. The van der Waals surface area contributed by atoms with Crippen molar-refractivity contribution >= 4 is 17.7 Å². The van der Waals surface area contributed by atoms with Crippen molar-refractivity contribution in [1.82, 2.24) is 9.80 Å². The summed E-state index contributed by atoms with van der Waals surface area (Å²) in [7, 11) is 3.26. The van der Waals surface area contributed by atoms with Gasteiger partial charge in [-0.2, -0.15) is 0 Å². The van der Waals surface area contributed by atoms with Crippen LogP contribution in [0.15, 0.2) is 24.3 Å². The summed E-state index contributed by atoms with van der Waals surface area (Å²) in [5, 5.41) is 0. The Hall–Kier alpha value is -2.21. The fourth-order valence-corrected chi connectivity index (χ4v) is 2.55. The summed E-state index contributed by atoms with van der Waals surface area (Å²) in [4.78, 5) is 39.7. The number of benzene rings is 1. The second-order valence-corrected chi connectivity index (χ2v) is 5.31. The Morgan fingerprint density at radius 2 is 1.77 bits per heavy atom. The molecule has 0 spiro atoms. The highest BCUT2D eigenvalue weighted by atomic mass is 16.5. The number of imide groups is 1. The largest absolute Gasteiger partial charge is 0.385 e. The number of ether oxygens (including phenoxy) is 1. The molecule has 6 heteroatoms. The number of likely N-dealkylation sites (N-methyl/N-ethyl adjacent to an activating group) is 1. The smallest absolute Gasteiger partial charge is 0.262 e. The summed E-state index contributed by atoms with van der Waals surface area (Å²) in [6.45, 7) is 2.65. The minimum absolute atomic E-state index is 0.259. The van der Waals surface area contributed by atoms with Gasteiger partial charge in [-0.3, -0.25) is 19.3 Å². The molecule has 22 heavy (non-hydrogen) atoms. The molecule has 0 N–H and O–H groups in total. The maximum Gasteiger partial charge on any atom is 0.262 e. The fourth-order valence-electron chi connectivity index (χ4n) is 2.55. The SMILES string of the molecule is COCCCN(C)C(=O)C(C)N1C(=O)c2ccccc2C1=O. The standard InChI is InChI=1S/C16H20N2O4/c1-11(14(19)17(2)9-6-10-22-3)18-15(20)12-7-4-5-8-13(12)16(18)21/h4-5,7-8,11H,6,9-10H2,1-3H3. The van der Waals surface area contributed by atoms with Crippen LogP contribution in [0.4, 0.5) is 0 Å². The Morgan fingerprint density at radius 1 is 1.23 bits per heavy atom. The van der Waals surface area contributed by atoms with Gasteiger partial charge in [-0.05, 0) is 25.5 Å². The van der Waals surface area contributed by atoms with Gasteiger partial charge in [0.2, 0.25) is 5.91 Å². The van der Waals surface area contributed by atoms with Crippen molar-refractivity contribution in [2.24, 2.45) is 0 Å². The lowest BCUT2D eigenvalue weighted by Crippen LogP contribution is -2.48. The number of carbonyl (C=O) groups excluding carboxylic acids is 3. The maximum atomic E-state index is 12.4. The van der Waals surface area contributed by atoms with E-state index in [9.17, 15) is 14.4 Å². The zero-order valence-corrected chi connectivity index (χ0v) is 13.0. The lowest BCUT2D eigenvalue weighted by atomic mass is 10.1. The summed E-state index contributed by atoms with van der Waals surface area (Å²) in [5.74, 6) is -1.08. The zero-order chi connectivity index (χ0) is 16.3. The van der Waals surface area contributed by atoms with Gasteiger partial charge in [0.15, 0.2) is 0 Å². The van der Waals surface area contributed by atoms with Gasteiger partial charge < -0.3 is 9.64 Å². The number of rotatable bonds is 6. The molecule has 3 amide bonds. The molecule has 0 bridgehead atoms. The van der Waals surface area contributed by atoms with E-state index < -0.39 is 17.9 Å². The van der Waals surface area contributed by atoms with Gasteiger partial charge in [-0.1, -0.05) is 12.1 Å². The second kappa shape index (κ2) is 6.70. The number of hydrogen-bond acceptors (Lipinski definition) is 4. The van der Waals surface area contributed by atoms with Gasteiger partial charge in [-0.15, -0.1) is 0 Å². The lowest BCUT2D eigenvalue weighted by Gasteiger charge is -2.26. The molecule has 0 saturated heterocycles. The van der Waals surface area contributed by atoms with Crippen LogP contribution in [0.25, 0.3) is 0 Å². The van der Waals surface area contributed by atoms with Crippen LogP contribution in [0.1, 0.15) is 34.1 Å². The number of nitrogens with zero attached hydrogens (tertiary/aromatic N) is 2. The third-order valence-corrected chi connectivity index (χ3v) is 3.79. The molecule has 0 saturated carbocycles. The van der Waals surface area contributed by atoms with Gasteiger partial charge in [0.05, 0.1) is 11.1 Å². The van der Waals surface area contributed by atoms with E-state index in [2.05, 4.69) is 0 Å². The van der Waals surface area contributed by atoms with Gasteiger partial charge in [-0.25, -0.2) is 0 Å². The first-order valence-electron chi connectivity index (χ1n) is 7.20. The molecule has 1 aliphatic rings. The Labute approximate surface area is 129 Å². The minimum atomic E-state index is -0.819. The predicted octanol–water partition coefficient (Wildman–Crippen LogP) is 1.17. The molecule has 1 aromatic carbocycles. The predicted molar refractivity (Wildman–Crippen MR) is 80.5 cm³/mol. The van der Waals surface area contributed by atoms with E-state index in [-0.39, 0.29) is 5.91 Å². The van der Waals surface area contributed by atoms with E-state index in [1.54, 1.807) is 45.3 Å². The van der Waals surface area contributed by atoms with Gasteiger partial charge in [0, 0.05) is 27.3 Å². The molecule has 0 aromatic heterocycles. The highest BCUT2D eigenvalue weighted by Gasteiger charge is 2.41. The van der Waals surface area contributed by atoms with Crippen LogP contribution in [-0.4, -0.2) is 60.9 Å². The van der Waals surface area contributed by atoms with Crippen LogP contribution in [0.3, 0.4) is 0 Å². The van der Waals surface area contributed by atoms with Crippen molar-refractivity contribution in [3.8, 4) is 0 Å². The quantitative estimate of drug-likeness (QED) is 0.584. The van der Waals surface area contributed by atoms with E-state index in [1.807, 2.05) is 0 Å². The van der Waals surface area contributed by atoms with Crippen LogP contribution in [0.5, 0.6) is 0 Å². The number of amides is 3. The van der Waals surface area contributed by atoms with Crippen LogP contribution in [0, 0.1) is 0 Å². The molecule has 118 valence electrons. The third-order valence-electron chi connectivity index (χ3n) is 3.79. The molecule has 0 aliphatic carbocycles. The summed E-state index contributed by atoms with van der Waals surface area (Å²) < 4.78 is 4.95. The molecule has 0 fully saturated rings. The first-order chi connectivity index (χ1) is 10.5. The van der Waals surface area contributed by atoms with Crippen LogP contribution < -0.4 is 0 Å². The monoisotopic (exact) mass is 304 g/mol. The van der Waals surface area contributed by atoms with Crippen molar-refractivity contribution in [3.63, 3.8) is 0 Å². The molecular formula is C16H20N2O4. The Morgan fingerprint density at radius 3 is 2.27 bits per heavy atom. The topological polar surface area (TPSA) is 66.9 Å². The van der Waals surface area contributed by atoms with Crippen LogP contribution in [-0.2, 0) is 9.53 Å². The van der Waals surface area contributed by atoms with Gasteiger partial charge in [0.1, 0.15) is 6.04 Å². The fraction of sp³-hybridized carbons (Fsp3) is 0.438. The van der Waals surface area contributed by atoms with E-state index in [0.29, 0.717) is 30.7 Å². The Balaban J connectivity index is 2.10. The molecule has 2 rings (SSSR count). The molecular weight excluding hydrogens is 284 g/mol. The van der Waals surface area contributed by atoms with Gasteiger partial charge in [0.25, 0.3) is 11.8 Å². The van der Waals surface area contributed by atoms with E-state index in [0.717, 1.165) is 4.90 Å². The highest BCUT2D eigenvalue weighted by molar-refractivity contribution is 6.22. The van der Waals surface area contributed by atoms with E-state index in [4.69, 9.17) is 4.74 Å². The van der Waals surface area contributed by atoms with E-state index >= 15 is 0 Å². The number of carbonyl (C=O) groups is 3. The summed E-state index contributed by atoms with van der Waals surface area (Å²) in [6, 6.07) is 5.80. The number of hydrogen-bond donors (Lipinski definition) is 0. The second-order valence-electron chi connectivity index (χ2n) is 5.31. The zero-order valence-electron chi connectivity index (χ0n) is 13.0. The third kappa shape index (κ3) is 2.87. The summed E-state index contributed by atoms with van der Waals surface area (Å²) in [6.07, 6.45) is 0.702. The average Bonchev–Trinajstić information content (AvgIpc) is 2.78. The van der Waals surface area contributed by atoms with Crippen molar-refractivity contribution in [1.29, 1.82) is 0 Å². The average molecular weight is 304 g/mol. The molecule has 1 unspecified atom stereocenters. The molecule has 6 nitrogen and oxygen atoms in total. The van der Waals surface area contributed by atoms with Crippen LogP contribution >= 0.6 is 0 Å². The number of methoxy groups -OCH3 is 1. The highest BCUT2D eigenvalue weighted by Crippen LogP contribution is 2.24. The van der Waals surface area contributed by atoms with Crippen LogP contribution in [0.2, 0.25) is 0 Å². The minimum Gasteiger partial charge on any atom is -0.385 e. The maximum absolute atomic E-state index is 12.4. The van der Waals surface area contributed by atoms with Crippen molar-refractivity contribution in [2.45, 2.75) is 19.4 Å². The Bertz CT molecular complexity index is 565. The summed E-state index contributed by atoms with van der Waals surface area (Å²) >= 11 is 0. The number of fused-ring (bicyclic) bond motifs is 1. The first-order valence-corrected chi connectivity index (χ1v) is 7.20. The van der Waals surface area contributed by atoms with E-state index in [1.165, 1.54) is 4.90 Å².